The van der Waals surface area contributed by atoms with Crippen molar-refractivity contribution in [2.45, 2.75) is 52.6 Å². The van der Waals surface area contributed by atoms with E-state index in [1.807, 2.05) is 62.4 Å². The maximum absolute atomic E-state index is 13.0. The number of aryl methyl sites for hydroxylation is 2. The fourth-order valence-electron chi connectivity index (χ4n) is 3.07. The number of benzene rings is 2. The summed E-state index contributed by atoms with van der Waals surface area (Å²) in [4.78, 5) is 27.2. The Morgan fingerprint density at radius 1 is 1.14 bits per heavy atom. The Labute approximate surface area is 172 Å². The van der Waals surface area contributed by atoms with E-state index in [-0.39, 0.29) is 11.8 Å². The first-order valence-corrected chi connectivity index (χ1v) is 10.2. The third-order valence-corrected chi connectivity index (χ3v) is 5.09. The predicted molar refractivity (Wildman–Crippen MR) is 114 cm³/mol. The number of carbonyl (C=O) groups is 2. The number of hydrogen-bond donors (Lipinski definition) is 1. The minimum atomic E-state index is -0.536. The van der Waals surface area contributed by atoms with E-state index in [0.29, 0.717) is 31.0 Å². The summed E-state index contributed by atoms with van der Waals surface area (Å²) in [6.45, 7) is 6.82. The highest BCUT2D eigenvalue weighted by Crippen LogP contribution is 2.18. The second kappa shape index (κ2) is 10.9. The first-order chi connectivity index (χ1) is 13.4. The molecule has 0 bridgehead atoms. The van der Waals surface area contributed by atoms with E-state index in [9.17, 15) is 9.59 Å². The Morgan fingerprint density at radius 3 is 2.57 bits per heavy atom. The smallest absolute Gasteiger partial charge is 0.242 e. The van der Waals surface area contributed by atoms with Gasteiger partial charge in [-0.25, -0.2) is 0 Å². The van der Waals surface area contributed by atoms with Crippen LogP contribution in [0.1, 0.15) is 43.4 Å². The maximum Gasteiger partial charge on any atom is 0.242 e. The number of halogens is 1. The van der Waals surface area contributed by atoms with E-state index in [2.05, 4.69) is 5.32 Å². The van der Waals surface area contributed by atoms with Gasteiger partial charge in [0, 0.05) is 24.5 Å². The quantitative estimate of drug-likeness (QED) is 0.672. The van der Waals surface area contributed by atoms with Gasteiger partial charge in [0.15, 0.2) is 0 Å². The van der Waals surface area contributed by atoms with Crippen molar-refractivity contribution in [3.05, 3.63) is 70.2 Å². The summed E-state index contributed by atoms with van der Waals surface area (Å²) >= 11 is 6.22. The number of carbonyl (C=O) groups excluding carboxylic acids is 2. The molecule has 28 heavy (non-hydrogen) atoms. The molecule has 0 fully saturated rings. The van der Waals surface area contributed by atoms with Gasteiger partial charge in [-0.2, -0.15) is 0 Å². The van der Waals surface area contributed by atoms with Gasteiger partial charge in [0.2, 0.25) is 11.8 Å². The maximum atomic E-state index is 13.0. The van der Waals surface area contributed by atoms with E-state index < -0.39 is 6.04 Å². The van der Waals surface area contributed by atoms with Crippen molar-refractivity contribution >= 4 is 23.4 Å². The normalized spacial score (nSPS) is 11.7. The summed E-state index contributed by atoms with van der Waals surface area (Å²) < 4.78 is 0. The first kappa shape index (κ1) is 22.0. The number of nitrogens with one attached hydrogen (secondary N) is 1. The molecule has 2 aromatic carbocycles. The zero-order valence-corrected chi connectivity index (χ0v) is 17.6. The van der Waals surface area contributed by atoms with Gasteiger partial charge < -0.3 is 10.2 Å². The zero-order chi connectivity index (χ0) is 20.5. The summed E-state index contributed by atoms with van der Waals surface area (Å²) in [5.41, 5.74) is 3.08. The van der Waals surface area contributed by atoms with Crippen LogP contribution in [0.25, 0.3) is 0 Å². The molecule has 0 aliphatic carbocycles. The molecule has 150 valence electrons. The first-order valence-electron chi connectivity index (χ1n) is 9.78. The van der Waals surface area contributed by atoms with Crippen LogP contribution in [0.15, 0.2) is 48.5 Å². The zero-order valence-electron chi connectivity index (χ0n) is 16.9. The van der Waals surface area contributed by atoms with Gasteiger partial charge in [-0.15, -0.1) is 0 Å². The lowest BCUT2D eigenvalue weighted by molar-refractivity contribution is -0.140. The summed E-state index contributed by atoms with van der Waals surface area (Å²) in [6.07, 6.45) is 1.71. The van der Waals surface area contributed by atoms with E-state index in [1.165, 1.54) is 0 Å². The molecule has 0 spiro atoms. The molecule has 4 nitrogen and oxygen atoms in total. The van der Waals surface area contributed by atoms with Crippen LogP contribution in [0.3, 0.4) is 0 Å². The van der Waals surface area contributed by atoms with Crippen LogP contribution in [-0.2, 0) is 22.6 Å². The van der Waals surface area contributed by atoms with Gasteiger partial charge >= 0.3 is 0 Å². The number of rotatable bonds is 9. The Hall–Kier alpha value is -2.33. The lowest BCUT2D eigenvalue weighted by Gasteiger charge is -2.29. The van der Waals surface area contributed by atoms with Crippen molar-refractivity contribution in [2.75, 3.05) is 6.54 Å². The van der Waals surface area contributed by atoms with Crippen LogP contribution in [0.4, 0.5) is 0 Å². The average Bonchev–Trinajstić information content (AvgIpc) is 2.69. The molecule has 0 saturated heterocycles. The van der Waals surface area contributed by atoms with Gasteiger partial charge in [0.05, 0.1) is 0 Å². The largest absolute Gasteiger partial charge is 0.354 e. The van der Waals surface area contributed by atoms with Crippen LogP contribution in [0.2, 0.25) is 5.02 Å². The van der Waals surface area contributed by atoms with Crippen molar-refractivity contribution < 1.29 is 9.59 Å². The van der Waals surface area contributed by atoms with Crippen LogP contribution in [0.5, 0.6) is 0 Å². The molecule has 1 atom stereocenters. The molecule has 1 N–H and O–H groups in total. The van der Waals surface area contributed by atoms with Crippen molar-refractivity contribution in [1.29, 1.82) is 0 Å². The molecule has 0 saturated carbocycles. The molecule has 0 aliphatic heterocycles. The fraction of sp³-hybridized carbons (Fsp3) is 0.391. The van der Waals surface area contributed by atoms with Crippen LogP contribution in [-0.4, -0.2) is 29.3 Å². The molecule has 0 aliphatic rings. The molecule has 2 aromatic rings. The van der Waals surface area contributed by atoms with Gasteiger partial charge in [-0.3, -0.25) is 9.59 Å². The number of nitrogens with zero attached hydrogens (tertiary/aromatic N) is 1. The Balaban J connectivity index is 2.14. The van der Waals surface area contributed by atoms with Crippen molar-refractivity contribution in [2.24, 2.45) is 0 Å². The van der Waals surface area contributed by atoms with Crippen molar-refractivity contribution in [3.63, 3.8) is 0 Å². The van der Waals surface area contributed by atoms with E-state index >= 15 is 0 Å². The third-order valence-electron chi connectivity index (χ3n) is 4.72. The van der Waals surface area contributed by atoms with E-state index in [4.69, 9.17) is 11.6 Å². The average molecular weight is 401 g/mol. The topological polar surface area (TPSA) is 49.4 Å². The van der Waals surface area contributed by atoms with Crippen LogP contribution in [0, 0.1) is 6.92 Å². The second-order valence-electron chi connectivity index (χ2n) is 7.07. The highest BCUT2D eigenvalue weighted by atomic mass is 35.5. The minimum Gasteiger partial charge on any atom is -0.354 e. The highest BCUT2D eigenvalue weighted by molar-refractivity contribution is 6.31. The van der Waals surface area contributed by atoms with Gasteiger partial charge in [0.1, 0.15) is 6.04 Å². The van der Waals surface area contributed by atoms with Gasteiger partial charge in [-0.05, 0) is 43.9 Å². The Morgan fingerprint density at radius 2 is 1.89 bits per heavy atom. The third kappa shape index (κ3) is 6.38. The molecular formula is C23H29ClN2O2. The Kier molecular flexibility index (Phi) is 8.52. The van der Waals surface area contributed by atoms with Crippen molar-refractivity contribution in [3.8, 4) is 0 Å². The van der Waals surface area contributed by atoms with Crippen molar-refractivity contribution in [1.82, 2.24) is 10.2 Å². The molecule has 2 rings (SSSR count). The highest BCUT2D eigenvalue weighted by Gasteiger charge is 2.25. The van der Waals surface area contributed by atoms with Crippen LogP contribution < -0.4 is 5.32 Å². The second-order valence-corrected chi connectivity index (χ2v) is 7.48. The summed E-state index contributed by atoms with van der Waals surface area (Å²) in [6, 6.07) is 15.0. The lowest BCUT2D eigenvalue weighted by atomic mass is 10.1. The van der Waals surface area contributed by atoms with E-state index in [1.54, 1.807) is 11.8 Å². The molecule has 0 unspecified atom stereocenters. The monoisotopic (exact) mass is 400 g/mol. The van der Waals surface area contributed by atoms with Crippen LogP contribution >= 0.6 is 11.6 Å². The standard InChI is InChI=1S/C23H29ClN2O2/c1-4-14-25-23(28)18(3)26(16-19-9-7-8-17(2)15-19)22(27)13-12-20-10-5-6-11-21(20)24/h5-11,15,18H,4,12-14,16H2,1-3H3,(H,25,28)/t18-/m0/s1. The molecule has 0 heterocycles. The predicted octanol–water partition coefficient (Wildman–Crippen LogP) is 4.52. The molecule has 2 amide bonds. The number of amides is 2. The number of hydrogen-bond acceptors (Lipinski definition) is 2. The SMILES string of the molecule is CCCNC(=O)[C@H](C)N(Cc1cccc(C)c1)C(=O)CCc1ccccc1Cl. The summed E-state index contributed by atoms with van der Waals surface area (Å²) in [5, 5.41) is 3.55. The fourth-order valence-corrected chi connectivity index (χ4v) is 3.30. The van der Waals surface area contributed by atoms with E-state index in [0.717, 1.165) is 23.1 Å². The lowest BCUT2D eigenvalue weighted by Crippen LogP contribution is -2.47. The molecular weight excluding hydrogens is 372 g/mol. The molecule has 5 heteroatoms. The molecule has 0 radical (unpaired) electrons. The minimum absolute atomic E-state index is 0.0550. The van der Waals surface area contributed by atoms with Gasteiger partial charge in [-0.1, -0.05) is 66.6 Å². The Bertz CT molecular complexity index is 807. The summed E-state index contributed by atoms with van der Waals surface area (Å²) in [5.74, 6) is -0.179. The van der Waals surface area contributed by atoms with Gasteiger partial charge in [0.25, 0.3) is 0 Å². The molecule has 0 aromatic heterocycles. The summed E-state index contributed by atoms with van der Waals surface area (Å²) in [7, 11) is 0.